The highest BCUT2D eigenvalue weighted by molar-refractivity contribution is 7.81. The SMILES string of the molecule is SC1Cc2cccc3ccc4c(c23)C1CCC4. The predicted octanol–water partition coefficient (Wildman–Crippen LogP) is 4.11. The molecule has 2 aromatic carbocycles. The van der Waals surface area contributed by atoms with E-state index < -0.39 is 0 Å². The van der Waals surface area contributed by atoms with E-state index in [1.165, 1.54) is 30.2 Å². The van der Waals surface area contributed by atoms with Crippen LogP contribution in [0.2, 0.25) is 0 Å². The van der Waals surface area contributed by atoms with Crippen molar-refractivity contribution in [3.8, 4) is 0 Å². The summed E-state index contributed by atoms with van der Waals surface area (Å²) in [5.74, 6) is 0.695. The van der Waals surface area contributed by atoms with Crippen LogP contribution in [0.5, 0.6) is 0 Å². The molecule has 2 unspecified atom stereocenters. The molecule has 0 bridgehead atoms. The Morgan fingerprint density at radius 2 is 2.00 bits per heavy atom. The zero-order valence-corrected chi connectivity index (χ0v) is 10.7. The van der Waals surface area contributed by atoms with E-state index in [2.05, 4.69) is 30.3 Å². The second-order valence-electron chi connectivity index (χ2n) is 5.42. The van der Waals surface area contributed by atoms with Crippen molar-refractivity contribution < 1.29 is 0 Å². The average Bonchev–Trinajstić information content (AvgIpc) is 2.37. The number of rotatable bonds is 0. The van der Waals surface area contributed by atoms with Gasteiger partial charge < -0.3 is 0 Å². The van der Waals surface area contributed by atoms with E-state index in [1.54, 1.807) is 16.5 Å². The van der Waals surface area contributed by atoms with Crippen LogP contribution < -0.4 is 0 Å². The van der Waals surface area contributed by atoms with E-state index in [0.29, 0.717) is 11.2 Å². The van der Waals surface area contributed by atoms with E-state index in [0.717, 1.165) is 6.42 Å². The van der Waals surface area contributed by atoms with Crippen molar-refractivity contribution in [3.63, 3.8) is 0 Å². The molecule has 0 amide bonds. The van der Waals surface area contributed by atoms with Crippen LogP contribution in [0.3, 0.4) is 0 Å². The molecule has 0 radical (unpaired) electrons. The molecule has 0 heterocycles. The maximum Gasteiger partial charge on any atom is 0.0126 e. The van der Waals surface area contributed by atoms with E-state index in [1.807, 2.05) is 0 Å². The number of hydrogen-bond acceptors (Lipinski definition) is 1. The quantitative estimate of drug-likeness (QED) is 0.658. The van der Waals surface area contributed by atoms with Gasteiger partial charge in [-0.1, -0.05) is 30.3 Å². The summed E-state index contributed by atoms with van der Waals surface area (Å²) in [6.07, 6.45) is 5.06. The van der Waals surface area contributed by atoms with Gasteiger partial charge in [-0.3, -0.25) is 0 Å². The van der Waals surface area contributed by atoms with Crippen LogP contribution in [0.25, 0.3) is 10.8 Å². The fraction of sp³-hybridized carbons (Fsp3) is 0.375. The van der Waals surface area contributed by atoms with Crippen molar-refractivity contribution in [2.75, 3.05) is 0 Å². The van der Waals surface area contributed by atoms with Crippen molar-refractivity contribution in [1.82, 2.24) is 0 Å². The van der Waals surface area contributed by atoms with E-state index >= 15 is 0 Å². The Hall–Kier alpha value is -0.950. The van der Waals surface area contributed by atoms with Gasteiger partial charge in [-0.2, -0.15) is 12.6 Å². The molecule has 2 aliphatic rings. The monoisotopic (exact) mass is 240 g/mol. The Labute approximate surface area is 107 Å². The molecule has 0 saturated heterocycles. The van der Waals surface area contributed by atoms with Gasteiger partial charge in [-0.25, -0.2) is 0 Å². The average molecular weight is 240 g/mol. The highest BCUT2D eigenvalue weighted by atomic mass is 32.1. The first-order valence-electron chi connectivity index (χ1n) is 6.56. The number of thiol groups is 1. The Kier molecular flexibility index (Phi) is 2.07. The first kappa shape index (κ1) is 10.0. The lowest BCUT2D eigenvalue weighted by atomic mass is 9.72. The van der Waals surface area contributed by atoms with Gasteiger partial charge >= 0.3 is 0 Å². The summed E-state index contributed by atoms with van der Waals surface area (Å²) >= 11 is 4.85. The Balaban J connectivity index is 2.15. The zero-order valence-electron chi connectivity index (χ0n) is 9.82. The molecule has 0 fully saturated rings. The van der Waals surface area contributed by atoms with E-state index in [9.17, 15) is 0 Å². The minimum absolute atomic E-state index is 0.523. The smallest absolute Gasteiger partial charge is 0.0126 e. The maximum atomic E-state index is 4.85. The Morgan fingerprint density at radius 3 is 2.94 bits per heavy atom. The van der Waals surface area contributed by atoms with Crippen LogP contribution in [0.15, 0.2) is 30.3 Å². The molecule has 2 aromatic rings. The first-order chi connectivity index (χ1) is 8.34. The minimum Gasteiger partial charge on any atom is -0.175 e. The van der Waals surface area contributed by atoms with Gasteiger partial charge in [0.1, 0.15) is 0 Å². The van der Waals surface area contributed by atoms with Gasteiger partial charge in [0.05, 0.1) is 0 Å². The second kappa shape index (κ2) is 3.52. The molecule has 86 valence electrons. The van der Waals surface area contributed by atoms with Crippen molar-refractivity contribution >= 4 is 23.4 Å². The van der Waals surface area contributed by atoms with Crippen molar-refractivity contribution in [2.24, 2.45) is 0 Å². The summed E-state index contributed by atoms with van der Waals surface area (Å²) in [5, 5.41) is 3.50. The van der Waals surface area contributed by atoms with E-state index in [-0.39, 0.29) is 0 Å². The molecule has 1 heteroatoms. The molecule has 0 spiro atoms. The fourth-order valence-corrected chi connectivity index (χ4v) is 4.24. The molecule has 2 atom stereocenters. The van der Waals surface area contributed by atoms with Gasteiger partial charge in [0.2, 0.25) is 0 Å². The highest BCUT2D eigenvalue weighted by Crippen LogP contribution is 2.45. The van der Waals surface area contributed by atoms with E-state index in [4.69, 9.17) is 12.6 Å². The van der Waals surface area contributed by atoms with Gasteiger partial charge in [0, 0.05) is 5.25 Å². The van der Waals surface area contributed by atoms with Crippen LogP contribution in [0.4, 0.5) is 0 Å². The largest absolute Gasteiger partial charge is 0.175 e. The number of benzene rings is 2. The van der Waals surface area contributed by atoms with Crippen LogP contribution in [0, 0.1) is 0 Å². The molecule has 0 nitrogen and oxygen atoms in total. The van der Waals surface area contributed by atoms with Crippen LogP contribution in [-0.4, -0.2) is 5.25 Å². The zero-order chi connectivity index (χ0) is 11.4. The molecule has 2 aliphatic carbocycles. The molecule has 4 rings (SSSR count). The standard InChI is InChI=1S/C16H16S/c17-14-9-12-5-1-3-10-7-8-11-4-2-6-13(14)16(11)15(10)12/h1,3,5,7-8,13-14,17H,2,4,6,9H2. The summed E-state index contributed by atoms with van der Waals surface area (Å²) in [6, 6.07) is 11.4. The van der Waals surface area contributed by atoms with Crippen LogP contribution in [0.1, 0.15) is 35.4 Å². The minimum atomic E-state index is 0.523. The lowest BCUT2D eigenvalue weighted by Crippen LogP contribution is -2.25. The van der Waals surface area contributed by atoms with Gasteiger partial charge in [0.15, 0.2) is 0 Å². The second-order valence-corrected chi connectivity index (χ2v) is 6.09. The van der Waals surface area contributed by atoms with Gasteiger partial charge in [-0.15, -0.1) is 0 Å². The maximum absolute atomic E-state index is 4.85. The molecule has 0 aliphatic heterocycles. The Morgan fingerprint density at radius 1 is 1.06 bits per heavy atom. The topological polar surface area (TPSA) is 0 Å². The molecule has 0 saturated carbocycles. The molecule has 0 N–H and O–H groups in total. The van der Waals surface area contributed by atoms with Crippen LogP contribution in [-0.2, 0) is 12.8 Å². The summed E-state index contributed by atoms with van der Waals surface area (Å²) in [6.45, 7) is 0. The third-order valence-corrected chi connectivity index (χ3v) is 5.03. The molecule has 0 aromatic heterocycles. The van der Waals surface area contributed by atoms with Gasteiger partial charge in [-0.05, 0) is 59.1 Å². The lowest BCUT2D eigenvalue weighted by Gasteiger charge is -2.35. The van der Waals surface area contributed by atoms with Crippen molar-refractivity contribution in [2.45, 2.75) is 36.9 Å². The third-order valence-electron chi connectivity index (χ3n) is 4.49. The number of aryl methyl sites for hydroxylation is 1. The summed E-state index contributed by atoms with van der Waals surface area (Å²) in [7, 11) is 0. The molecular formula is C16H16S. The molecule has 17 heavy (non-hydrogen) atoms. The lowest BCUT2D eigenvalue weighted by molar-refractivity contribution is 0.529. The van der Waals surface area contributed by atoms with Crippen molar-refractivity contribution in [1.29, 1.82) is 0 Å². The summed E-state index contributed by atoms with van der Waals surface area (Å²) in [4.78, 5) is 0. The molecular weight excluding hydrogens is 224 g/mol. The first-order valence-corrected chi connectivity index (χ1v) is 7.07. The van der Waals surface area contributed by atoms with Gasteiger partial charge in [0.25, 0.3) is 0 Å². The highest BCUT2D eigenvalue weighted by Gasteiger charge is 2.32. The van der Waals surface area contributed by atoms with Crippen molar-refractivity contribution in [3.05, 3.63) is 47.0 Å². The summed E-state index contributed by atoms with van der Waals surface area (Å²) in [5.41, 5.74) is 4.73. The normalized spacial score (nSPS) is 26.2. The van der Waals surface area contributed by atoms with Crippen LogP contribution >= 0.6 is 12.6 Å². The fourth-order valence-electron chi connectivity index (χ4n) is 3.75. The number of hydrogen-bond donors (Lipinski definition) is 1. The Bertz CT molecular complexity index is 600. The predicted molar refractivity (Wildman–Crippen MR) is 76.1 cm³/mol. The summed E-state index contributed by atoms with van der Waals surface area (Å²) < 4.78 is 0. The third kappa shape index (κ3) is 1.32.